The summed E-state index contributed by atoms with van der Waals surface area (Å²) in [5.74, 6) is 0.751. The second kappa shape index (κ2) is 4.61. The van der Waals surface area contributed by atoms with E-state index in [2.05, 4.69) is 11.1 Å². The van der Waals surface area contributed by atoms with E-state index in [0.29, 0.717) is 6.61 Å². The fourth-order valence-corrected chi connectivity index (χ4v) is 0.912. The summed E-state index contributed by atoms with van der Waals surface area (Å²) in [6.07, 6.45) is 4.09. The van der Waals surface area contributed by atoms with Crippen molar-refractivity contribution in [3.8, 4) is 11.8 Å². The van der Waals surface area contributed by atoms with Crippen LogP contribution in [0.5, 0.6) is 5.75 Å². The normalized spacial score (nSPS) is 10.6. The maximum absolute atomic E-state index is 8.77. The zero-order chi connectivity index (χ0) is 10.4. The Bertz CT molecular complexity index is 314. The SMILES string of the molecule is CC(C)(C#N)CCOc1cccnc1. The van der Waals surface area contributed by atoms with Crippen molar-refractivity contribution in [1.82, 2.24) is 4.98 Å². The van der Waals surface area contributed by atoms with E-state index in [4.69, 9.17) is 10.00 Å². The highest BCUT2D eigenvalue weighted by Gasteiger charge is 2.16. The van der Waals surface area contributed by atoms with Gasteiger partial charge in [-0.1, -0.05) is 0 Å². The third kappa shape index (κ3) is 3.44. The summed E-state index contributed by atoms with van der Waals surface area (Å²) in [5, 5.41) is 8.77. The first kappa shape index (κ1) is 10.5. The summed E-state index contributed by atoms with van der Waals surface area (Å²) in [6, 6.07) is 5.91. The zero-order valence-corrected chi connectivity index (χ0v) is 8.53. The van der Waals surface area contributed by atoms with Crippen LogP contribution in [0.2, 0.25) is 0 Å². The van der Waals surface area contributed by atoms with Crippen molar-refractivity contribution >= 4 is 0 Å². The molecule has 0 N–H and O–H groups in total. The van der Waals surface area contributed by atoms with Crippen molar-refractivity contribution in [2.24, 2.45) is 5.41 Å². The van der Waals surface area contributed by atoms with Crippen molar-refractivity contribution in [1.29, 1.82) is 5.26 Å². The predicted octanol–water partition coefficient (Wildman–Crippen LogP) is 2.40. The lowest BCUT2D eigenvalue weighted by Gasteiger charge is -2.14. The van der Waals surface area contributed by atoms with Crippen molar-refractivity contribution in [3.05, 3.63) is 24.5 Å². The molecule has 0 spiro atoms. The molecular weight excluding hydrogens is 176 g/mol. The first-order valence-corrected chi connectivity index (χ1v) is 4.58. The summed E-state index contributed by atoms with van der Waals surface area (Å²) in [5.41, 5.74) is -0.317. The molecule has 0 aromatic carbocycles. The highest BCUT2D eigenvalue weighted by molar-refractivity contribution is 5.15. The fraction of sp³-hybridized carbons (Fsp3) is 0.455. The Hall–Kier alpha value is -1.56. The van der Waals surface area contributed by atoms with Crippen LogP contribution < -0.4 is 4.74 Å². The molecule has 14 heavy (non-hydrogen) atoms. The standard InChI is InChI=1S/C11H14N2O/c1-11(2,9-12)5-7-14-10-4-3-6-13-8-10/h3-4,6,8H,5,7H2,1-2H3. The van der Waals surface area contributed by atoms with Gasteiger partial charge in [-0.2, -0.15) is 5.26 Å². The average Bonchev–Trinajstić information content (AvgIpc) is 2.19. The topological polar surface area (TPSA) is 45.9 Å². The summed E-state index contributed by atoms with van der Waals surface area (Å²) in [4.78, 5) is 3.93. The molecule has 3 nitrogen and oxygen atoms in total. The minimum atomic E-state index is -0.317. The lowest BCUT2D eigenvalue weighted by atomic mass is 9.92. The number of hydrogen-bond donors (Lipinski definition) is 0. The average molecular weight is 190 g/mol. The second-order valence-corrected chi connectivity index (χ2v) is 3.78. The molecule has 0 amide bonds. The fourth-order valence-electron chi connectivity index (χ4n) is 0.912. The van der Waals surface area contributed by atoms with Crippen LogP contribution in [0.1, 0.15) is 20.3 Å². The van der Waals surface area contributed by atoms with Gasteiger partial charge in [0.2, 0.25) is 0 Å². The molecule has 74 valence electrons. The molecule has 0 atom stereocenters. The largest absolute Gasteiger partial charge is 0.492 e. The van der Waals surface area contributed by atoms with E-state index in [-0.39, 0.29) is 5.41 Å². The van der Waals surface area contributed by atoms with Gasteiger partial charge in [0.1, 0.15) is 5.75 Å². The van der Waals surface area contributed by atoms with E-state index in [1.165, 1.54) is 0 Å². The maximum Gasteiger partial charge on any atom is 0.137 e. The van der Waals surface area contributed by atoms with Crippen LogP contribution in [0, 0.1) is 16.7 Å². The number of ether oxygens (including phenoxy) is 1. The minimum Gasteiger partial charge on any atom is -0.492 e. The van der Waals surface area contributed by atoms with Gasteiger partial charge in [-0.25, -0.2) is 0 Å². The molecule has 1 rings (SSSR count). The second-order valence-electron chi connectivity index (χ2n) is 3.78. The van der Waals surface area contributed by atoms with Gasteiger partial charge < -0.3 is 4.74 Å². The number of rotatable bonds is 4. The molecule has 0 bridgehead atoms. The maximum atomic E-state index is 8.77. The zero-order valence-electron chi connectivity index (χ0n) is 8.53. The molecule has 0 fully saturated rings. The molecule has 0 aliphatic heterocycles. The minimum absolute atomic E-state index is 0.317. The summed E-state index contributed by atoms with van der Waals surface area (Å²) >= 11 is 0. The number of hydrogen-bond acceptors (Lipinski definition) is 3. The lowest BCUT2D eigenvalue weighted by molar-refractivity contribution is 0.263. The van der Waals surface area contributed by atoms with Gasteiger partial charge in [-0.15, -0.1) is 0 Å². The number of nitriles is 1. The van der Waals surface area contributed by atoms with Gasteiger partial charge >= 0.3 is 0 Å². The van der Waals surface area contributed by atoms with Crippen LogP contribution in [-0.2, 0) is 0 Å². The molecule has 3 heteroatoms. The number of nitrogens with zero attached hydrogens (tertiary/aromatic N) is 2. The van der Waals surface area contributed by atoms with E-state index in [9.17, 15) is 0 Å². The van der Waals surface area contributed by atoms with Crippen LogP contribution in [0.15, 0.2) is 24.5 Å². The monoisotopic (exact) mass is 190 g/mol. The van der Waals surface area contributed by atoms with Crippen molar-refractivity contribution in [3.63, 3.8) is 0 Å². The molecule has 1 heterocycles. The third-order valence-electron chi connectivity index (χ3n) is 1.93. The van der Waals surface area contributed by atoms with E-state index in [0.717, 1.165) is 12.2 Å². The molecule has 0 unspecified atom stereocenters. The van der Waals surface area contributed by atoms with Crippen molar-refractivity contribution < 1.29 is 4.74 Å². The van der Waals surface area contributed by atoms with Crippen molar-refractivity contribution in [2.45, 2.75) is 20.3 Å². The Morgan fingerprint density at radius 3 is 2.93 bits per heavy atom. The Kier molecular flexibility index (Phi) is 3.47. The number of aromatic nitrogens is 1. The van der Waals surface area contributed by atoms with E-state index >= 15 is 0 Å². The molecular formula is C11H14N2O. The Balaban J connectivity index is 2.34. The van der Waals surface area contributed by atoms with Crippen molar-refractivity contribution in [2.75, 3.05) is 6.61 Å². The van der Waals surface area contributed by atoms with Crippen LogP contribution in [0.3, 0.4) is 0 Å². The smallest absolute Gasteiger partial charge is 0.137 e. The molecule has 0 aliphatic carbocycles. The van der Waals surface area contributed by atoms with E-state index in [1.807, 2.05) is 26.0 Å². The van der Waals surface area contributed by atoms with E-state index in [1.54, 1.807) is 12.4 Å². The molecule has 1 aromatic rings. The molecule has 0 radical (unpaired) electrons. The summed E-state index contributed by atoms with van der Waals surface area (Å²) < 4.78 is 5.43. The van der Waals surface area contributed by atoms with Crippen LogP contribution in [-0.4, -0.2) is 11.6 Å². The Morgan fingerprint density at radius 2 is 2.36 bits per heavy atom. The van der Waals surface area contributed by atoms with Gasteiger partial charge in [0, 0.05) is 6.20 Å². The molecule has 0 aliphatic rings. The van der Waals surface area contributed by atoms with Gasteiger partial charge in [-0.3, -0.25) is 4.98 Å². The first-order valence-electron chi connectivity index (χ1n) is 4.58. The van der Waals surface area contributed by atoms with Gasteiger partial charge in [-0.05, 0) is 32.4 Å². The highest BCUT2D eigenvalue weighted by atomic mass is 16.5. The molecule has 0 saturated carbocycles. The van der Waals surface area contributed by atoms with Crippen LogP contribution in [0.25, 0.3) is 0 Å². The van der Waals surface area contributed by atoms with Gasteiger partial charge in [0.15, 0.2) is 0 Å². The van der Waals surface area contributed by atoms with Gasteiger partial charge in [0.25, 0.3) is 0 Å². The molecule has 1 aromatic heterocycles. The van der Waals surface area contributed by atoms with E-state index < -0.39 is 0 Å². The number of pyridine rings is 1. The first-order chi connectivity index (χ1) is 6.64. The summed E-state index contributed by atoms with van der Waals surface area (Å²) in [7, 11) is 0. The quantitative estimate of drug-likeness (QED) is 0.732. The van der Waals surface area contributed by atoms with Crippen LogP contribution in [0.4, 0.5) is 0 Å². The summed E-state index contributed by atoms with van der Waals surface area (Å²) in [6.45, 7) is 4.35. The Morgan fingerprint density at radius 1 is 1.57 bits per heavy atom. The lowest BCUT2D eigenvalue weighted by Crippen LogP contribution is -2.13. The Labute approximate surface area is 84.3 Å². The predicted molar refractivity (Wildman–Crippen MR) is 53.7 cm³/mol. The highest BCUT2D eigenvalue weighted by Crippen LogP contribution is 2.19. The molecule has 0 saturated heterocycles. The van der Waals surface area contributed by atoms with Gasteiger partial charge in [0.05, 0.1) is 24.3 Å². The third-order valence-corrected chi connectivity index (χ3v) is 1.93. The van der Waals surface area contributed by atoms with Crippen LogP contribution >= 0.6 is 0 Å².